The second kappa shape index (κ2) is 10.4. The highest BCUT2D eigenvalue weighted by atomic mass is 35.5. The number of furan rings is 1. The van der Waals surface area contributed by atoms with Crippen LogP contribution < -0.4 is 5.43 Å². The molecule has 2 aliphatic heterocycles. The van der Waals surface area contributed by atoms with Crippen molar-refractivity contribution in [3.05, 3.63) is 51.0 Å². The highest BCUT2D eigenvalue weighted by Gasteiger charge is 2.34. The van der Waals surface area contributed by atoms with Crippen molar-refractivity contribution in [2.45, 2.75) is 25.7 Å². The number of likely N-dealkylation sites (tertiary alicyclic amines) is 1. The number of carbonyl (C=O) groups is 2. The monoisotopic (exact) mass is 509 g/mol. The number of thiocarbonyl (C=S) groups is 1. The van der Waals surface area contributed by atoms with Gasteiger partial charge in [0, 0.05) is 19.0 Å². The molecule has 1 aromatic heterocycles. The summed E-state index contributed by atoms with van der Waals surface area (Å²) in [5, 5.41) is 2.06. The molecule has 0 unspecified atom stereocenters. The van der Waals surface area contributed by atoms with E-state index in [1.54, 1.807) is 36.4 Å². The Labute approximate surface area is 205 Å². The molecule has 168 valence electrons. The molecule has 3 heterocycles. The maximum Gasteiger partial charge on any atom is 0.285 e. The summed E-state index contributed by atoms with van der Waals surface area (Å²) in [5.74, 6) is 0.322. The third kappa shape index (κ3) is 5.38. The first-order chi connectivity index (χ1) is 15.4. The number of piperidine rings is 1. The van der Waals surface area contributed by atoms with Gasteiger partial charge < -0.3 is 9.32 Å². The summed E-state index contributed by atoms with van der Waals surface area (Å²) < 4.78 is 6.11. The Morgan fingerprint density at radius 2 is 1.88 bits per heavy atom. The Morgan fingerprint density at radius 3 is 2.59 bits per heavy atom. The molecule has 2 aromatic rings. The van der Waals surface area contributed by atoms with Crippen molar-refractivity contribution in [2.75, 3.05) is 19.6 Å². The van der Waals surface area contributed by atoms with Gasteiger partial charge in [-0.25, -0.2) is 0 Å². The molecule has 0 aliphatic carbocycles. The number of hydrogen-bond acceptors (Lipinski definition) is 6. The summed E-state index contributed by atoms with van der Waals surface area (Å²) in [6.45, 7) is 2.71. The average molecular weight is 510 g/mol. The van der Waals surface area contributed by atoms with Crippen LogP contribution in [-0.4, -0.2) is 45.7 Å². The van der Waals surface area contributed by atoms with Crippen molar-refractivity contribution in [1.82, 2.24) is 15.3 Å². The summed E-state index contributed by atoms with van der Waals surface area (Å²) in [4.78, 5) is 27.8. The Balaban J connectivity index is 1.40. The average Bonchev–Trinajstić information content (AvgIpc) is 3.33. The minimum Gasteiger partial charge on any atom is -0.457 e. The molecule has 6 nitrogen and oxygen atoms in total. The van der Waals surface area contributed by atoms with Gasteiger partial charge in [-0.2, -0.15) is 5.01 Å². The number of hydrazine groups is 1. The van der Waals surface area contributed by atoms with Crippen LogP contribution in [0, 0.1) is 0 Å². The number of hydrogen-bond donors (Lipinski definition) is 1. The molecule has 0 atom stereocenters. The highest BCUT2D eigenvalue weighted by molar-refractivity contribution is 8.26. The Bertz CT molecular complexity index is 1060. The van der Waals surface area contributed by atoms with E-state index in [0.29, 0.717) is 45.0 Å². The second-order valence-corrected chi connectivity index (χ2v) is 9.99. The van der Waals surface area contributed by atoms with Crippen molar-refractivity contribution in [1.29, 1.82) is 0 Å². The zero-order valence-corrected chi connectivity index (χ0v) is 20.3. The van der Waals surface area contributed by atoms with E-state index in [2.05, 4.69) is 10.3 Å². The van der Waals surface area contributed by atoms with Gasteiger partial charge >= 0.3 is 0 Å². The number of rotatable bonds is 6. The predicted octanol–water partition coefficient (Wildman–Crippen LogP) is 5.36. The van der Waals surface area contributed by atoms with Crippen LogP contribution in [0.5, 0.6) is 0 Å². The molecular formula is C22H21Cl2N3O3S2. The number of nitrogens with zero attached hydrogens (tertiary/aromatic N) is 2. The Hall–Kier alpha value is -1.84. The first-order valence-corrected chi connectivity index (χ1v) is 12.2. The van der Waals surface area contributed by atoms with Crippen LogP contribution in [0.3, 0.4) is 0 Å². The molecule has 0 radical (unpaired) electrons. The van der Waals surface area contributed by atoms with Crippen LogP contribution >= 0.6 is 47.2 Å². The van der Waals surface area contributed by atoms with E-state index < -0.39 is 0 Å². The zero-order valence-electron chi connectivity index (χ0n) is 17.1. The van der Waals surface area contributed by atoms with Gasteiger partial charge in [-0.05, 0) is 62.4 Å². The summed E-state index contributed by atoms with van der Waals surface area (Å²) in [6, 6.07) is 8.67. The van der Waals surface area contributed by atoms with Gasteiger partial charge in [-0.1, -0.05) is 47.5 Å². The summed E-state index contributed by atoms with van der Waals surface area (Å²) in [6.07, 6.45) is 5.48. The number of nitrogens with one attached hydrogen (secondary N) is 1. The molecule has 4 rings (SSSR count). The quantitative estimate of drug-likeness (QED) is 0.417. The van der Waals surface area contributed by atoms with Crippen LogP contribution in [0.2, 0.25) is 10.0 Å². The molecule has 2 fully saturated rings. The maximum absolute atomic E-state index is 12.8. The van der Waals surface area contributed by atoms with Crippen LogP contribution in [-0.2, 0) is 9.59 Å². The first-order valence-electron chi connectivity index (χ1n) is 10.3. The lowest BCUT2D eigenvalue weighted by Gasteiger charge is -2.26. The standard InChI is InChI=1S/C22H21Cl2N3O3S2/c23-15-5-4-6-16(24)20(15)17-8-7-14(30-17)13-18-21(29)27(22(31)32-18)25-19(28)9-12-26-10-2-1-3-11-26/h4-8,13H,1-3,9-12H2,(H,25,28). The lowest BCUT2D eigenvalue weighted by atomic mass is 10.1. The third-order valence-corrected chi connectivity index (χ3v) is 7.18. The highest BCUT2D eigenvalue weighted by Crippen LogP contribution is 2.37. The van der Waals surface area contributed by atoms with Gasteiger partial charge in [-0.15, -0.1) is 0 Å². The summed E-state index contributed by atoms with van der Waals surface area (Å²) in [7, 11) is 0. The third-order valence-electron chi connectivity index (χ3n) is 5.24. The van der Waals surface area contributed by atoms with E-state index in [4.69, 9.17) is 39.8 Å². The van der Waals surface area contributed by atoms with Gasteiger partial charge in [0.2, 0.25) is 5.91 Å². The second-order valence-electron chi connectivity index (χ2n) is 7.50. The molecule has 0 saturated carbocycles. The van der Waals surface area contributed by atoms with Gasteiger partial charge in [-0.3, -0.25) is 15.0 Å². The lowest BCUT2D eigenvalue weighted by molar-refractivity contribution is -0.133. The molecule has 32 heavy (non-hydrogen) atoms. The number of carbonyl (C=O) groups excluding carboxylic acids is 2. The fourth-order valence-corrected chi connectivity index (χ4v) is 5.36. The fraction of sp³-hybridized carbons (Fsp3) is 0.318. The zero-order chi connectivity index (χ0) is 22.7. The molecule has 2 saturated heterocycles. The van der Waals surface area contributed by atoms with Gasteiger partial charge in [0.15, 0.2) is 4.32 Å². The van der Waals surface area contributed by atoms with Gasteiger partial charge in [0.25, 0.3) is 5.91 Å². The molecule has 2 aliphatic rings. The van der Waals surface area contributed by atoms with Crippen LogP contribution in [0.4, 0.5) is 0 Å². The van der Waals surface area contributed by atoms with E-state index in [1.165, 1.54) is 6.42 Å². The van der Waals surface area contributed by atoms with E-state index in [1.807, 2.05) is 0 Å². The molecule has 0 spiro atoms. The van der Waals surface area contributed by atoms with Crippen molar-refractivity contribution in [3.63, 3.8) is 0 Å². The normalized spacial score (nSPS) is 18.6. The number of thioether (sulfide) groups is 1. The topological polar surface area (TPSA) is 65.8 Å². The van der Waals surface area contributed by atoms with E-state index >= 15 is 0 Å². The molecule has 1 aromatic carbocycles. The van der Waals surface area contributed by atoms with Crippen molar-refractivity contribution in [3.8, 4) is 11.3 Å². The van der Waals surface area contributed by atoms with Crippen LogP contribution in [0.25, 0.3) is 17.4 Å². The first kappa shape index (κ1) is 23.3. The van der Waals surface area contributed by atoms with Crippen molar-refractivity contribution < 1.29 is 14.0 Å². The van der Waals surface area contributed by atoms with E-state index in [-0.39, 0.29) is 16.1 Å². The molecule has 10 heteroatoms. The number of amides is 2. The molecule has 1 N–H and O–H groups in total. The van der Waals surface area contributed by atoms with Gasteiger partial charge in [0.1, 0.15) is 11.5 Å². The molecule has 0 bridgehead atoms. The molecule has 2 amide bonds. The van der Waals surface area contributed by atoms with E-state index in [9.17, 15) is 9.59 Å². The van der Waals surface area contributed by atoms with Crippen molar-refractivity contribution >= 4 is 69.4 Å². The fourth-order valence-electron chi connectivity index (χ4n) is 3.61. The summed E-state index contributed by atoms with van der Waals surface area (Å²) in [5.41, 5.74) is 3.22. The maximum atomic E-state index is 12.8. The molecular weight excluding hydrogens is 489 g/mol. The minimum absolute atomic E-state index is 0.234. The smallest absolute Gasteiger partial charge is 0.285 e. The SMILES string of the molecule is O=C(CCN1CCCCC1)NN1C(=O)C(=Cc2ccc(-c3c(Cl)cccc3Cl)o2)SC1=S. The summed E-state index contributed by atoms with van der Waals surface area (Å²) >= 11 is 18.9. The largest absolute Gasteiger partial charge is 0.457 e. The Morgan fingerprint density at radius 1 is 1.16 bits per heavy atom. The number of benzene rings is 1. The van der Waals surface area contributed by atoms with Gasteiger partial charge in [0.05, 0.1) is 20.5 Å². The Kier molecular flexibility index (Phi) is 7.58. The van der Waals surface area contributed by atoms with E-state index in [0.717, 1.165) is 42.7 Å². The number of halogens is 2. The predicted molar refractivity (Wildman–Crippen MR) is 132 cm³/mol. The minimum atomic E-state index is -0.389. The van der Waals surface area contributed by atoms with Crippen molar-refractivity contribution in [2.24, 2.45) is 0 Å². The lowest BCUT2D eigenvalue weighted by Crippen LogP contribution is -2.46. The van der Waals surface area contributed by atoms with Crippen LogP contribution in [0.15, 0.2) is 39.7 Å². The van der Waals surface area contributed by atoms with Crippen LogP contribution in [0.1, 0.15) is 31.4 Å².